The molecule has 0 rings (SSSR count). The first-order valence-corrected chi connectivity index (χ1v) is 8.64. The number of nitrogens with one attached hydrogen (secondary N) is 1. The molecule has 0 amide bonds. The lowest BCUT2D eigenvalue weighted by atomic mass is 10.1. The van der Waals surface area contributed by atoms with Gasteiger partial charge in [0.05, 0.1) is 46.2 Å². The Hall–Kier alpha value is -0.200. The minimum Gasteiger partial charge on any atom is -0.379 e. The molecule has 0 aliphatic rings. The Balaban J connectivity index is 0. The number of hydrogen-bond donors (Lipinski definition) is 1. The molecule has 0 aromatic carbocycles. The van der Waals surface area contributed by atoms with Gasteiger partial charge < -0.3 is 24.3 Å². The van der Waals surface area contributed by atoms with Gasteiger partial charge >= 0.3 is 0 Å². The van der Waals surface area contributed by atoms with E-state index in [1.165, 1.54) is 0 Å². The highest BCUT2D eigenvalue weighted by atomic mass is 16.6. The second kappa shape index (κ2) is 17.2. The Kier molecular flexibility index (Phi) is 17.0. The standard InChI is InChI=1S/C17H37NO4.H2/c1-16(2)5-7-19-9-11-21-13-14-22-12-10-20-8-6-18-15-17(3)4;/h16-18H,5-15H2,1-4H3;1H. The average Bonchev–Trinajstić information content (AvgIpc) is 2.46. The summed E-state index contributed by atoms with van der Waals surface area (Å²) in [6.07, 6.45) is 1.11. The van der Waals surface area contributed by atoms with Crippen LogP contribution < -0.4 is 5.32 Å². The highest BCUT2D eigenvalue weighted by Gasteiger charge is 1.95. The molecule has 0 spiro atoms. The summed E-state index contributed by atoms with van der Waals surface area (Å²) in [4.78, 5) is 0. The molecule has 1 N–H and O–H groups in total. The average molecular weight is 322 g/mol. The maximum atomic E-state index is 5.46. The quantitative estimate of drug-likeness (QED) is 0.417. The zero-order valence-electron chi connectivity index (χ0n) is 15.1. The summed E-state index contributed by atoms with van der Waals surface area (Å²) in [6.45, 7) is 16.1. The number of rotatable bonds is 17. The van der Waals surface area contributed by atoms with E-state index < -0.39 is 0 Å². The van der Waals surface area contributed by atoms with Crippen LogP contribution in [0, 0.1) is 11.8 Å². The molecule has 5 nitrogen and oxygen atoms in total. The van der Waals surface area contributed by atoms with Crippen LogP contribution >= 0.6 is 0 Å². The third-order valence-electron chi connectivity index (χ3n) is 2.93. The second-order valence-electron chi connectivity index (χ2n) is 6.23. The molecule has 0 bridgehead atoms. The molecule has 0 aromatic heterocycles. The Morgan fingerprint density at radius 1 is 0.636 bits per heavy atom. The fourth-order valence-electron chi connectivity index (χ4n) is 1.62. The van der Waals surface area contributed by atoms with E-state index in [9.17, 15) is 0 Å². The Morgan fingerprint density at radius 3 is 1.55 bits per heavy atom. The lowest BCUT2D eigenvalue weighted by Crippen LogP contribution is -2.24. The van der Waals surface area contributed by atoms with Crippen LogP contribution in [0.5, 0.6) is 0 Å². The van der Waals surface area contributed by atoms with Gasteiger partial charge in [0.25, 0.3) is 0 Å². The predicted molar refractivity (Wildman–Crippen MR) is 92.6 cm³/mol. The van der Waals surface area contributed by atoms with Crippen molar-refractivity contribution in [2.75, 3.05) is 65.9 Å². The fraction of sp³-hybridized carbons (Fsp3) is 1.00. The van der Waals surface area contributed by atoms with Crippen LogP contribution in [0.2, 0.25) is 0 Å². The molecule has 22 heavy (non-hydrogen) atoms. The highest BCUT2D eigenvalue weighted by molar-refractivity contribution is 4.49. The van der Waals surface area contributed by atoms with Crippen LogP contribution in [0.3, 0.4) is 0 Å². The van der Waals surface area contributed by atoms with Crippen LogP contribution in [0.4, 0.5) is 0 Å². The van der Waals surface area contributed by atoms with E-state index in [1.54, 1.807) is 0 Å². The van der Waals surface area contributed by atoms with Crippen molar-refractivity contribution in [2.45, 2.75) is 34.1 Å². The van der Waals surface area contributed by atoms with Gasteiger partial charge in [-0.05, 0) is 24.8 Å². The molecule has 0 atom stereocenters. The molecule has 0 heterocycles. The van der Waals surface area contributed by atoms with Crippen molar-refractivity contribution in [1.29, 1.82) is 0 Å². The lowest BCUT2D eigenvalue weighted by Gasteiger charge is -2.09. The molecule has 0 fully saturated rings. The summed E-state index contributed by atoms with van der Waals surface area (Å²) in [5.41, 5.74) is 0. The lowest BCUT2D eigenvalue weighted by molar-refractivity contribution is -0.00240. The van der Waals surface area contributed by atoms with E-state index in [1.807, 2.05) is 0 Å². The summed E-state index contributed by atoms with van der Waals surface area (Å²) in [5, 5.41) is 3.33. The minimum absolute atomic E-state index is 0. The largest absolute Gasteiger partial charge is 0.379 e. The van der Waals surface area contributed by atoms with E-state index in [-0.39, 0.29) is 1.43 Å². The zero-order chi connectivity index (χ0) is 16.5. The molecule has 0 unspecified atom stereocenters. The van der Waals surface area contributed by atoms with E-state index in [0.29, 0.717) is 51.5 Å². The molecule has 0 aliphatic heterocycles. The Morgan fingerprint density at radius 2 is 1.09 bits per heavy atom. The molecule has 0 saturated heterocycles. The summed E-state index contributed by atoms with van der Waals surface area (Å²) in [6, 6.07) is 0. The van der Waals surface area contributed by atoms with Crippen LogP contribution in [0.15, 0.2) is 0 Å². The molecule has 136 valence electrons. The topological polar surface area (TPSA) is 49.0 Å². The maximum absolute atomic E-state index is 5.46. The molecule has 0 saturated carbocycles. The van der Waals surface area contributed by atoms with Gasteiger partial charge in [0.2, 0.25) is 0 Å². The van der Waals surface area contributed by atoms with Crippen LogP contribution in [0.25, 0.3) is 0 Å². The number of ether oxygens (including phenoxy) is 4. The van der Waals surface area contributed by atoms with Gasteiger partial charge in [0, 0.05) is 14.6 Å². The van der Waals surface area contributed by atoms with Crippen molar-refractivity contribution in [2.24, 2.45) is 11.8 Å². The van der Waals surface area contributed by atoms with Crippen molar-refractivity contribution >= 4 is 0 Å². The third-order valence-corrected chi connectivity index (χ3v) is 2.93. The summed E-state index contributed by atoms with van der Waals surface area (Å²) in [5.74, 6) is 1.38. The Labute approximate surface area is 138 Å². The normalized spacial score (nSPS) is 11.7. The SMILES string of the molecule is CC(C)CCOCCOCCOCCOCCNCC(C)C.[HH]. The van der Waals surface area contributed by atoms with Gasteiger partial charge in [-0.3, -0.25) is 0 Å². The summed E-state index contributed by atoms with van der Waals surface area (Å²) >= 11 is 0. The van der Waals surface area contributed by atoms with Gasteiger partial charge in [-0.1, -0.05) is 27.7 Å². The first-order chi connectivity index (χ1) is 10.6. The van der Waals surface area contributed by atoms with E-state index in [4.69, 9.17) is 18.9 Å². The van der Waals surface area contributed by atoms with Crippen molar-refractivity contribution in [3.63, 3.8) is 0 Å². The predicted octanol–water partition coefficient (Wildman–Crippen LogP) is 2.59. The smallest absolute Gasteiger partial charge is 0.0701 e. The van der Waals surface area contributed by atoms with Crippen molar-refractivity contribution in [3.05, 3.63) is 0 Å². The molecular formula is C17H39NO4. The monoisotopic (exact) mass is 321 g/mol. The highest BCUT2D eigenvalue weighted by Crippen LogP contribution is 1.98. The van der Waals surface area contributed by atoms with Gasteiger partial charge in [0.15, 0.2) is 0 Å². The Bertz CT molecular complexity index is 197. The van der Waals surface area contributed by atoms with Crippen molar-refractivity contribution < 1.29 is 20.4 Å². The molecular weight excluding hydrogens is 282 g/mol. The van der Waals surface area contributed by atoms with Gasteiger partial charge in [-0.25, -0.2) is 0 Å². The van der Waals surface area contributed by atoms with Crippen molar-refractivity contribution in [3.8, 4) is 0 Å². The van der Waals surface area contributed by atoms with Gasteiger partial charge in [-0.2, -0.15) is 0 Å². The van der Waals surface area contributed by atoms with E-state index in [2.05, 4.69) is 33.0 Å². The zero-order valence-corrected chi connectivity index (χ0v) is 15.1. The molecule has 0 radical (unpaired) electrons. The summed E-state index contributed by atoms with van der Waals surface area (Å²) < 4.78 is 21.8. The van der Waals surface area contributed by atoms with Crippen LogP contribution in [-0.4, -0.2) is 65.9 Å². The second-order valence-corrected chi connectivity index (χ2v) is 6.23. The van der Waals surface area contributed by atoms with E-state index in [0.717, 1.165) is 32.7 Å². The number of hydrogen-bond acceptors (Lipinski definition) is 5. The van der Waals surface area contributed by atoms with Gasteiger partial charge in [0.1, 0.15) is 0 Å². The first-order valence-electron chi connectivity index (χ1n) is 8.64. The first kappa shape index (κ1) is 21.8. The maximum Gasteiger partial charge on any atom is 0.0701 e. The van der Waals surface area contributed by atoms with Crippen LogP contribution in [0.1, 0.15) is 35.5 Å². The van der Waals surface area contributed by atoms with Gasteiger partial charge in [-0.15, -0.1) is 0 Å². The van der Waals surface area contributed by atoms with E-state index >= 15 is 0 Å². The molecule has 0 aromatic rings. The van der Waals surface area contributed by atoms with Crippen molar-refractivity contribution in [1.82, 2.24) is 5.32 Å². The third kappa shape index (κ3) is 19.8. The molecule has 0 aliphatic carbocycles. The summed E-state index contributed by atoms with van der Waals surface area (Å²) in [7, 11) is 0. The minimum atomic E-state index is 0. The fourth-order valence-corrected chi connectivity index (χ4v) is 1.62. The molecule has 5 heteroatoms. The van der Waals surface area contributed by atoms with Crippen LogP contribution in [-0.2, 0) is 18.9 Å².